The van der Waals surface area contributed by atoms with E-state index in [1.807, 2.05) is 12.1 Å². The number of carbonyl (C=O) groups is 3. The average Bonchev–Trinajstić information content (AvgIpc) is 2.49. The number of nitrogens with one attached hydrogen (secondary N) is 2. The number of para-hydroxylation sites is 1. The minimum Gasteiger partial charge on any atom is -0.348 e. The molecule has 0 bridgehead atoms. The second-order valence-electron chi connectivity index (χ2n) is 5.13. The molecule has 1 aromatic rings. The van der Waals surface area contributed by atoms with Gasteiger partial charge in [-0.15, -0.1) is 0 Å². The third-order valence-electron chi connectivity index (χ3n) is 3.71. The molecule has 22 heavy (non-hydrogen) atoms. The Morgan fingerprint density at radius 2 is 1.86 bits per heavy atom. The molecule has 0 radical (unpaired) electrons. The number of hydrogen-bond donors (Lipinski definition) is 2. The van der Waals surface area contributed by atoms with E-state index in [0.717, 1.165) is 3.57 Å². The molecule has 3 unspecified atom stereocenters. The first-order valence-electron chi connectivity index (χ1n) is 6.82. The quantitative estimate of drug-likeness (QED) is 0.578. The van der Waals surface area contributed by atoms with Crippen molar-refractivity contribution in [2.75, 3.05) is 5.32 Å². The summed E-state index contributed by atoms with van der Waals surface area (Å²) >= 11 is 2.08. The molecule has 2 amide bonds. The zero-order chi connectivity index (χ0) is 15.7. The highest BCUT2D eigenvalue weighted by Crippen LogP contribution is 2.25. The summed E-state index contributed by atoms with van der Waals surface area (Å²) in [6.45, 7) is 0. The van der Waals surface area contributed by atoms with E-state index in [9.17, 15) is 14.4 Å². The van der Waals surface area contributed by atoms with Gasteiger partial charge in [0.2, 0.25) is 11.8 Å². The number of ketones is 1. The van der Waals surface area contributed by atoms with Crippen molar-refractivity contribution in [2.45, 2.75) is 6.04 Å². The Balaban J connectivity index is 1.81. The van der Waals surface area contributed by atoms with Gasteiger partial charge in [-0.05, 0) is 34.7 Å². The third-order valence-corrected chi connectivity index (χ3v) is 4.65. The Hall–Kier alpha value is -1.96. The van der Waals surface area contributed by atoms with Crippen molar-refractivity contribution in [3.63, 3.8) is 0 Å². The second-order valence-corrected chi connectivity index (χ2v) is 6.30. The molecule has 1 aliphatic heterocycles. The number of hydrogen-bond acceptors (Lipinski definition) is 3. The van der Waals surface area contributed by atoms with Gasteiger partial charge < -0.3 is 10.6 Å². The average molecular weight is 408 g/mol. The molecule has 1 aliphatic carbocycles. The number of amides is 2. The van der Waals surface area contributed by atoms with E-state index >= 15 is 0 Å². The number of Topliss-reactive ketones (excluding diaryl/α,β-unsaturated/α-hetero) is 1. The van der Waals surface area contributed by atoms with E-state index in [2.05, 4.69) is 33.2 Å². The largest absolute Gasteiger partial charge is 0.348 e. The maximum absolute atomic E-state index is 12.5. The fourth-order valence-corrected chi connectivity index (χ4v) is 3.12. The molecule has 2 N–H and O–H groups in total. The monoisotopic (exact) mass is 408 g/mol. The van der Waals surface area contributed by atoms with Crippen molar-refractivity contribution in [2.24, 2.45) is 11.8 Å². The van der Waals surface area contributed by atoms with Gasteiger partial charge in [-0.25, -0.2) is 0 Å². The normalized spacial score (nSPS) is 26.3. The van der Waals surface area contributed by atoms with Crippen molar-refractivity contribution < 1.29 is 14.4 Å². The summed E-state index contributed by atoms with van der Waals surface area (Å²) in [6.07, 6.45) is 7.01. The van der Waals surface area contributed by atoms with Crippen LogP contribution in [0.5, 0.6) is 0 Å². The van der Waals surface area contributed by atoms with Crippen LogP contribution in [0, 0.1) is 15.4 Å². The van der Waals surface area contributed by atoms with Crippen LogP contribution in [0.2, 0.25) is 0 Å². The number of anilines is 1. The van der Waals surface area contributed by atoms with Gasteiger partial charge in [-0.3, -0.25) is 14.4 Å². The number of benzene rings is 1. The van der Waals surface area contributed by atoms with Crippen molar-refractivity contribution in [1.82, 2.24) is 5.32 Å². The summed E-state index contributed by atoms with van der Waals surface area (Å²) in [4.78, 5) is 37.0. The molecule has 1 fully saturated rings. The van der Waals surface area contributed by atoms with Crippen LogP contribution in [-0.2, 0) is 14.4 Å². The molecule has 2 aliphatic rings. The molecule has 1 aromatic carbocycles. The number of allylic oxidation sites excluding steroid dienone is 2. The highest BCUT2D eigenvalue weighted by atomic mass is 127. The topological polar surface area (TPSA) is 75.3 Å². The van der Waals surface area contributed by atoms with Crippen LogP contribution in [0.15, 0.2) is 48.6 Å². The first-order valence-corrected chi connectivity index (χ1v) is 7.90. The molecule has 0 saturated carbocycles. The number of carbonyl (C=O) groups excluding carboxylic acids is 3. The standard InChI is InChI=1S/C16H13IN2O3/c17-10-6-2-4-8-12(10)19-16(22)13-14(20)9-5-1-3-7-11(9)18-15(13)21/h1-9,11,13H,(H,18,21)(H,19,22). The number of fused-ring (bicyclic) bond motifs is 1. The predicted molar refractivity (Wildman–Crippen MR) is 90.0 cm³/mol. The molecule has 6 heteroatoms. The molecular formula is C16H13IN2O3. The zero-order valence-electron chi connectivity index (χ0n) is 11.5. The smallest absolute Gasteiger partial charge is 0.244 e. The van der Waals surface area contributed by atoms with Crippen molar-refractivity contribution >= 4 is 45.9 Å². The second kappa shape index (κ2) is 6.04. The van der Waals surface area contributed by atoms with Crippen molar-refractivity contribution in [3.05, 3.63) is 52.1 Å². The Morgan fingerprint density at radius 3 is 2.64 bits per heavy atom. The van der Waals surface area contributed by atoms with E-state index in [1.165, 1.54) is 0 Å². The number of halogens is 1. The summed E-state index contributed by atoms with van der Waals surface area (Å²) in [7, 11) is 0. The molecule has 0 aromatic heterocycles. The van der Waals surface area contributed by atoms with E-state index in [4.69, 9.17) is 0 Å². The number of rotatable bonds is 2. The lowest BCUT2D eigenvalue weighted by molar-refractivity contribution is -0.144. The van der Waals surface area contributed by atoms with E-state index in [0.29, 0.717) is 5.69 Å². The summed E-state index contributed by atoms with van der Waals surface area (Å²) in [5.41, 5.74) is 0.593. The predicted octanol–water partition coefficient (Wildman–Crippen LogP) is 1.66. The molecule has 3 atom stereocenters. The van der Waals surface area contributed by atoms with Gasteiger partial charge in [0.15, 0.2) is 11.7 Å². The molecule has 1 heterocycles. The molecule has 1 saturated heterocycles. The maximum Gasteiger partial charge on any atom is 0.244 e. The molecule has 5 nitrogen and oxygen atoms in total. The van der Waals surface area contributed by atoms with Gasteiger partial charge >= 0.3 is 0 Å². The van der Waals surface area contributed by atoms with Gasteiger partial charge in [0.05, 0.1) is 17.6 Å². The Kier molecular flexibility index (Phi) is 4.10. The minimum atomic E-state index is -1.31. The Labute approximate surface area is 141 Å². The molecule has 112 valence electrons. The summed E-state index contributed by atoms with van der Waals surface area (Å²) < 4.78 is 0.843. The van der Waals surface area contributed by atoms with Crippen LogP contribution in [0.25, 0.3) is 0 Å². The highest BCUT2D eigenvalue weighted by Gasteiger charge is 2.45. The van der Waals surface area contributed by atoms with Crippen molar-refractivity contribution in [3.8, 4) is 0 Å². The van der Waals surface area contributed by atoms with Gasteiger partial charge in [0, 0.05) is 3.57 Å². The van der Waals surface area contributed by atoms with Gasteiger partial charge in [-0.2, -0.15) is 0 Å². The fraction of sp³-hybridized carbons (Fsp3) is 0.188. The van der Waals surface area contributed by atoms with E-state index < -0.39 is 23.7 Å². The molecule has 3 rings (SSSR count). The molecular weight excluding hydrogens is 395 g/mol. The van der Waals surface area contributed by atoms with Gasteiger partial charge in [0.25, 0.3) is 0 Å². The first kappa shape index (κ1) is 15.0. The minimum absolute atomic E-state index is 0.356. The third kappa shape index (κ3) is 2.70. The lowest BCUT2D eigenvalue weighted by Gasteiger charge is -2.32. The van der Waals surface area contributed by atoms with Crippen LogP contribution in [-0.4, -0.2) is 23.6 Å². The lowest BCUT2D eigenvalue weighted by atomic mass is 9.80. The first-order chi connectivity index (χ1) is 10.6. The number of piperidine rings is 1. The Morgan fingerprint density at radius 1 is 1.14 bits per heavy atom. The van der Waals surface area contributed by atoms with Crippen LogP contribution in [0.4, 0.5) is 5.69 Å². The zero-order valence-corrected chi connectivity index (χ0v) is 13.6. The SMILES string of the molecule is O=C(Nc1ccccc1I)C1C(=O)NC2C=CC=CC2C1=O. The van der Waals surface area contributed by atoms with Crippen LogP contribution >= 0.6 is 22.6 Å². The van der Waals surface area contributed by atoms with E-state index in [-0.39, 0.29) is 11.8 Å². The fourth-order valence-electron chi connectivity index (χ4n) is 2.60. The van der Waals surface area contributed by atoms with Crippen LogP contribution in [0.3, 0.4) is 0 Å². The Bertz CT molecular complexity index is 711. The van der Waals surface area contributed by atoms with E-state index in [1.54, 1.807) is 36.4 Å². The van der Waals surface area contributed by atoms with Gasteiger partial charge in [0.1, 0.15) is 0 Å². The summed E-state index contributed by atoms with van der Waals surface area (Å²) in [5, 5.41) is 5.39. The molecule has 0 spiro atoms. The van der Waals surface area contributed by atoms with Crippen molar-refractivity contribution in [1.29, 1.82) is 0 Å². The van der Waals surface area contributed by atoms with Crippen LogP contribution in [0.1, 0.15) is 0 Å². The maximum atomic E-state index is 12.5. The summed E-state index contributed by atoms with van der Waals surface area (Å²) in [5.74, 6) is -3.29. The van der Waals surface area contributed by atoms with Gasteiger partial charge in [-0.1, -0.05) is 36.4 Å². The lowest BCUT2D eigenvalue weighted by Crippen LogP contribution is -2.57. The van der Waals surface area contributed by atoms with Crippen LogP contribution < -0.4 is 10.6 Å². The highest BCUT2D eigenvalue weighted by molar-refractivity contribution is 14.1. The summed E-state index contributed by atoms with van der Waals surface area (Å²) in [6, 6.07) is 6.84.